The lowest BCUT2D eigenvalue weighted by atomic mass is 10.1. The average Bonchev–Trinajstić information content (AvgIpc) is 2.74. The van der Waals surface area contributed by atoms with Crippen molar-refractivity contribution in [3.8, 4) is 17.2 Å². The molecule has 2 aromatic rings. The number of para-hydroxylation sites is 1. The second kappa shape index (κ2) is 11.3. The number of rotatable bonds is 10. The third kappa shape index (κ3) is 6.32. The number of hydrogen-bond donors (Lipinski definition) is 2. The van der Waals surface area contributed by atoms with Crippen molar-refractivity contribution in [2.45, 2.75) is 51.9 Å². The van der Waals surface area contributed by atoms with Crippen LogP contribution >= 0.6 is 12.2 Å². The van der Waals surface area contributed by atoms with Crippen LogP contribution in [0.15, 0.2) is 42.6 Å². The van der Waals surface area contributed by atoms with E-state index in [9.17, 15) is 9.90 Å². The van der Waals surface area contributed by atoms with Gasteiger partial charge in [-0.15, -0.1) is 0 Å². The van der Waals surface area contributed by atoms with Gasteiger partial charge < -0.3 is 24.6 Å². The smallest absolute Gasteiger partial charge is 0.328 e. The van der Waals surface area contributed by atoms with Crippen LogP contribution in [0.4, 0.5) is 0 Å². The first-order valence-electron chi connectivity index (χ1n) is 9.82. The molecular formula is C22H28N2O5S. The highest BCUT2D eigenvalue weighted by molar-refractivity contribution is 7.80. The van der Waals surface area contributed by atoms with E-state index in [-0.39, 0.29) is 28.3 Å². The molecule has 0 aliphatic carbocycles. The number of methoxy groups -OCH3 is 1. The van der Waals surface area contributed by atoms with Gasteiger partial charge in [-0.1, -0.05) is 43.8 Å². The molecule has 1 aromatic carbocycles. The van der Waals surface area contributed by atoms with Crippen molar-refractivity contribution >= 4 is 23.2 Å². The molecule has 0 fully saturated rings. The van der Waals surface area contributed by atoms with Crippen molar-refractivity contribution < 1.29 is 24.1 Å². The summed E-state index contributed by atoms with van der Waals surface area (Å²) in [4.78, 5) is 16.8. The van der Waals surface area contributed by atoms with Crippen LogP contribution in [0.2, 0.25) is 0 Å². The first-order valence-corrected chi connectivity index (χ1v) is 10.2. The number of thiocarbonyl (C=S) groups is 1. The molecule has 162 valence electrons. The Balaban J connectivity index is 2.00. The number of hydrogen-bond acceptors (Lipinski definition) is 7. The second-order valence-electron chi connectivity index (χ2n) is 6.81. The number of pyridine rings is 1. The molecule has 8 heteroatoms. The van der Waals surface area contributed by atoms with Gasteiger partial charge in [0.1, 0.15) is 34.7 Å². The van der Waals surface area contributed by atoms with Gasteiger partial charge in [-0.3, -0.25) is 0 Å². The third-order valence-electron chi connectivity index (χ3n) is 4.45. The van der Waals surface area contributed by atoms with Crippen molar-refractivity contribution in [3.63, 3.8) is 0 Å². The van der Waals surface area contributed by atoms with E-state index in [2.05, 4.69) is 10.3 Å². The van der Waals surface area contributed by atoms with Crippen molar-refractivity contribution in [2.75, 3.05) is 7.11 Å². The van der Waals surface area contributed by atoms with Gasteiger partial charge in [0.15, 0.2) is 11.5 Å². The van der Waals surface area contributed by atoms with Crippen molar-refractivity contribution in [2.24, 2.45) is 0 Å². The fraction of sp³-hybridized carbons (Fsp3) is 0.409. The zero-order valence-electron chi connectivity index (χ0n) is 17.6. The van der Waals surface area contributed by atoms with Crippen LogP contribution in [0.3, 0.4) is 0 Å². The summed E-state index contributed by atoms with van der Waals surface area (Å²) in [5.74, 6) is 0.303. The van der Waals surface area contributed by atoms with Gasteiger partial charge in [0.2, 0.25) is 0 Å². The first kappa shape index (κ1) is 23.4. The number of aromatic nitrogens is 1. The molecule has 7 nitrogen and oxygen atoms in total. The SMILES string of the molecule is CCC[C@H](OC(=O)[C@H](C)NC(=S)c1nccc(OC)c1O)[C@@H](C)Oc1ccccc1. The molecule has 1 aromatic heterocycles. The maximum atomic E-state index is 12.7. The Morgan fingerprint density at radius 2 is 1.93 bits per heavy atom. The van der Waals surface area contributed by atoms with Crippen LogP contribution in [-0.4, -0.2) is 46.4 Å². The Morgan fingerprint density at radius 3 is 2.57 bits per heavy atom. The summed E-state index contributed by atoms with van der Waals surface area (Å²) >= 11 is 5.29. The standard InChI is InChI=1S/C22H28N2O5S/c1-5-9-17(15(3)28-16-10-7-6-8-11-16)29-22(26)14(2)24-21(30)19-20(25)18(27-4)12-13-23-19/h6-8,10-15,17,25H,5,9H2,1-4H3,(H,24,30)/t14-,15+,17-/m0/s1. The lowest BCUT2D eigenvalue weighted by Gasteiger charge is -2.26. The Bertz CT molecular complexity index is 847. The van der Waals surface area contributed by atoms with Crippen molar-refractivity contribution in [3.05, 3.63) is 48.3 Å². The second-order valence-corrected chi connectivity index (χ2v) is 7.21. The molecule has 0 bridgehead atoms. The van der Waals surface area contributed by atoms with Crippen LogP contribution in [0.25, 0.3) is 0 Å². The molecule has 30 heavy (non-hydrogen) atoms. The van der Waals surface area contributed by atoms with E-state index >= 15 is 0 Å². The van der Waals surface area contributed by atoms with Crippen LogP contribution in [0, 0.1) is 0 Å². The van der Waals surface area contributed by atoms with Crippen molar-refractivity contribution in [1.82, 2.24) is 10.3 Å². The first-order chi connectivity index (χ1) is 14.4. The monoisotopic (exact) mass is 432 g/mol. The molecule has 0 spiro atoms. The predicted octanol–water partition coefficient (Wildman–Crippen LogP) is 3.63. The summed E-state index contributed by atoms with van der Waals surface area (Å²) in [5, 5.41) is 13.1. The number of ether oxygens (including phenoxy) is 3. The molecule has 2 N–H and O–H groups in total. The molecule has 0 saturated heterocycles. The van der Waals surface area contributed by atoms with Gasteiger partial charge in [0.05, 0.1) is 7.11 Å². The lowest BCUT2D eigenvalue weighted by molar-refractivity contribution is -0.155. The van der Waals surface area contributed by atoms with Gasteiger partial charge in [-0.2, -0.15) is 0 Å². The molecule has 0 radical (unpaired) electrons. The maximum absolute atomic E-state index is 12.7. The van der Waals surface area contributed by atoms with Gasteiger partial charge in [0.25, 0.3) is 0 Å². The summed E-state index contributed by atoms with van der Waals surface area (Å²) in [7, 11) is 1.43. The minimum Gasteiger partial charge on any atom is -0.503 e. The number of benzene rings is 1. The molecule has 1 heterocycles. The molecular weight excluding hydrogens is 404 g/mol. The molecule has 2 rings (SSSR count). The number of carbonyl (C=O) groups is 1. The lowest BCUT2D eigenvalue weighted by Crippen LogP contribution is -2.43. The summed E-state index contributed by atoms with van der Waals surface area (Å²) in [6, 6.07) is 10.2. The fourth-order valence-corrected chi connectivity index (χ4v) is 3.13. The van der Waals surface area contributed by atoms with E-state index in [4.69, 9.17) is 26.4 Å². The molecule has 3 atom stereocenters. The van der Waals surface area contributed by atoms with Crippen LogP contribution in [0.1, 0.15) is 39.3 Å². The van der Waals surface area contributed by atoms with E-state index in [1.807, 2.05) is 44.2 Å². The third-order valence-corrected chi connectivity index (χ3v) is 4.76. The molecule has 0 aliphatic rings. The highest BCUT2D eigenvalue weighted by atomic mass is 32.1. The Labute approximate surface area is 182 Å². The number of aromatic hydroxyl groups is 1. The van der Waals surface area contributed by atoms with Gasteiger partial charge >= 0.3 is 5.97 Å². The molecule has 0 saturated carbocycles. The van der Waals surface area contributed by atoms with Gasteiger partial charge in [-0.05, 0) is 32.4 Å². The Morgan fingerprint density at radius 1 is 1.23 bits per heavy atom. The van der Waals surface area contributed by atoms with Crippen LogP contribution in [-0.2, 0) is 9.53 Å². The van der Waals surface area contributed by atoms with Gasteiger partial charge in [0, 0.05) is 12.3 Å². The largest absolute Gasteiger partial charge is 0.503 e. The fourth-order valence-electron chi connectivity index (χ4n) is 2.81. The number of nitrogens with zero attached hydrogens (tertiary/aromatic N) is 1. The minimum absolute atomic E-state index is 0.122. The van der Waals surface area contributed by atoms with E-state index in [1.54, 1.807) is 6.92 Å². The number of esters is 1. The zero-order valence-corrected chi connectivity index (χ0v) is 18.4. The van der Waals surface area contributed by atoms with Gasteiger partial charge in [-0.25, -0.2) is 9.78 Å². The summed E-state index contributed by atoms with van der Waals surface area (Å²) in [5.41, 5.74) is 0.134. The molecule has 0 unspecified atom stereocenters. The minimum atomic E-state index is -0.742. The van der Waals surface area contributed by atoms with Crippen LogP contribution < -0.4 is 14.8 Å². The molecule has 0 amide bonds. The normalized spacial score (nSPS) is 13.6. The van der Waals surface area contributed by atoms with E-state index in [0.717, 1.165) is 6.42 Å². The highest BCUT2D eigenvalue weighted by Crippen LogP contribution is 2.27. The summed E-state index contributed by atoms with van der Waals surface area (Å²) in [6.07, 6.45) is 2.23. The quantitative estimate of drug-likeness (QED) is 0.435. The molecule has 0 aliphatic heterocycles. The highest BCUT2D eigenvalue weighted by Gasteiger charge is 2.26. The van der Waals surface area contributed by atoms with Crippen molar-refractivity contribution in [1.29, 1.82) is 0 Å². The average molecular weight is 433 g/mol. The number of carbonyl (C=O) groups excluding carboxylic acids is 1. The summed E-state index contributed by atoms with van der Waals surface area (Å²) in [6.45, 7) is 5.53. The Hall–Kier alpha value is -2.87. The van der Waals surface area contributed by atoms with E-state index in [1.165, 1.54) is 19.4 Å². The van der Waals surface area contributed by atoms with E-state index < -0.39 is 18.1 Å². The summed E-state index contributed by atoms with van der Waals surface area (Å²) < 4.78 is 16.7. The Kier molecular flexibility index (Phi) is 8.86. The predicted molar refractivity (Wildman–Crippen MR) is 118 cm³/mol. The zero-order chi connectivity index (χ0) is 22.1. The van der Waals surface area contributed by atoms with E-state index in [0.29, 0.717) is 12.2 Å². The number of nitrogens with one attached hydrogen (secondary N) is 1. The van der Waals surface area contributed by atoms with Crippen LogP contribution in [0.5, 0.6) is 17.2 Å². The topological polar surface area (TPSA) is 89.9 Å². The maximum Gasteiger partial charge on any atom is 0.328 e.